The van der Waals surface area contributed by atoms with Crippen LogP contribution in [0.1, 0.15) is 27.2 Å². The van der Waals surface area contributed by atoms with E-state index in [-0.39, 0.29) is 0 Å². The number of carbonyl (C=O) groups excluding carboxylic acids is 1. The van der Waals surface area contributed by atoms with E-state index in [4.69, 9.17) is 9.72 Å². The molecule has 0 aliphatic carbocycles. The quantitative estimate of drug-likeness (QED) is 0.202. The Labute approximate surface area is 243 Å². The number of fused-ring (bicyclic) bond motifs is 1. The third kappa shape index (κ3) is 5.14. The molecule has 42 heavy (non-hydrogen) atoms. The molecule has 0 saturated heterocycles. The maximum absolute atomic E-state index is 15.7. The second-order valence-electron chi connectivity index (χ2n) is 10.3. The molecule has 210 valence electrons. The van der Waals surface area contributed by atoms with Crippen molar-refractivity contribution >= 4 is 22.7 Å². The molecule has 0 bridgehead atoms. The zero-order valence-corrected chi connectivity index (χ0v) is 23.6. The SMILES string of the molecule is COC(=O)c1cnc(N(Cc2ccccc2)Cc2ccccc2)c2[nH]c(-c3ccc(-c4ncc(C)n4C)cc3F)cc12. The lowest BCUT2D eigenvalue weighted by Crippen LogP contribution is -2.24. The van der Waals surface area contributed by atoms with E-state index < -0.39 is 11.8 Å². The largest absolute Gasteiger partial charge is 0.465 e. The van der Waals surface area contributed by atoms with Crippen molar-refractivity contribution in [2.75, 3.05) is 12.0 Å². The highest BCUT2D eigenvalue weighted by atomic mass is 19.1. The third-order valence-corrected chi connectivity index (χ3v) is 7.52. The van der Waals surface area contributed by atoms with Gasteiger partial charge >= 0.3 is 5.97 Å². The fraction of sp³-hybridized carbons (Fsp3) is 0.147. The number of carbonyl (C=O) groups is 1. The summed E-state index contributed by atoms with van der Waals surface area (Å²) < 4.78 is 22.7. The Bertz CT molecular complexity index is 1840. The van der Waals surface area contributed by atoms with Gasteiger partial charge in [0.05, 0.1) is 18.2 Å². The number of methoxy groups -OCH3 is 1. The van der Waals surface area contributed by atoms with Crippen LogP contribution in [-0.2, 0) is 24.9 Å². The molecule has 8 heteroatoms. The summed E-state index contributed by atoms with van der Waals surface area (Å²) >= 11 is 0. The number of esters is 1. The van der Waals surface area contributed by atoms with E-state index in [1.807, 2.05) is 61.0 Å². The van der Waals surface area contributed by atoms with Gasteiger partial charge in [-0.1, -0.05) is 66.7 Å². The molecule has 0 fully saturated rings. The number of anilines is 1. The molecule has 0 unspecified atom stereocenters. The average Bonchev–Trinajstić information content (AvgIpc) is 3.60. The van der Waals surface area contributed by atoms with Gasteiger partial charge in [-0.05, 0) is 36.2 Å². The van der Waals surface area contributed by atoms with Gasteiger partial charge in [0.25, 0.3) is 0 Å². The molecule has 0 aliphatic rings. The summed E-state index contributed by atoms with van der Waals surface area (Å²) in [5.41, 5.74) is 5.72. The zero-order valence-electron chi connectivity index (χ0n) is 23.6. The van der Waals surface area contributed by atoms with Crippen LogP contribution in [-0.4, -0.2) is 32.6 Å². The monoisotopic (exact) mass is 559 g/mol. The van der Waals surface area contributed by atoms with Crippen LogP contribution >= 0.6 is 0 Å². The Morgan fingerprint density at radius 2 is 1.60 bits per heavy atom. The van der Waals surface area contributed by atoms with E-state index >= 15 is 4.39 Å². The van der Waals surface area contributed by atoms with Crippen molar-refractivity contribution in [1.29, 1.82) is 0 Å². The number of benzene rings is 3. The normalized spacial score (nSPS) is 11.1. The first-order valence-electron chi connectivity index (χ1n) is 13.6. The number of hydrogen-bond acceptors (Lipinski definition) is 5. The van der Waals surface area contributed by atoms with Gasteiger partial charge < -0.3 is 19.2 Å². The molecule has 1 N–H and O–H groups in total. The molecule has 6 aromatic rings. The first kappa shape index (κ1) is 27.0. The Balaban J connectivity index is 1.48. The van der Waals surface area contributed by atoms with Crippen LogP contribution < -0.4 is 4.90 Å². The van der Waals surface area contributed by atoms with Crippen molar-refractivity contribution in [1.82, 2.24) is 19.5 Å². The van der Waals surface area contributed by atoms with E-state index in [1.165, 1.54) is 19.4 Å². The van der Waals surface area contributed by atoms with E-state index in [2.05, 4.69) is 39.1 Å². The van der Waals surface area contributed by atoms with Crippen molar-refractivity contribution < 1.29 is 13.9 Å². The number of aromatic amines is 1. The van der Waals surface area contributed by atoms with Crippen LogP contribution in [0, 0.1) is 12.7 Å². The highest BCUT2D eigenvalue weighted by Crippen LogP contribution is 2.35. The van der Waals surface area contributed by atoms with Crippen LogP contribution in [0.4, 0.5) is 10.2 Å². The van der Waals surface area contributed by atoms with Crippen molar-refractivity contribution in [3.05, 3.63) is 126 Å². The number of pyridine rings is 1. The summed E-state index contributed by atoms with van der Waals surface area (Å²) in [6, 6.07) is 27.1. The van der Waals surface area contributed by atoms with E-state index in [1.54, 1.807) is 18.3 Å². The van der Waals surface area contributed by atoms with Gasteiger partial charge in [-0.25, -0.2) is 19.2 Å². The van der Waals surface area contributed by atoms with Crippen LogP contribution in [0.25, 0.3) is 33.5 Å². The molecule has 0 spiro atoms. The lowest BCUT2D eigenvalue weighted by Gasteiger charge is -2.25. The zero-order chi connectivity index (χ0) is 29.2. The summed E-state index contributed by atoms with van der Waals surface area (Å²) in [5, 5.41) is 0.608. The number of halogens is 1. The number of imidazole rings is 1. The van der Waals surface area contributed by atoms with Gasteiger partial charge in [-0.3, -0.25) is 0 Å². The number of nitrogens with one attached hydrogen (secondary N) is 1. The van der Waals surface area contributed by atoms with Crippen LogP contribution in [0.3, 0.4) is 0 Å². The summed E-state index contributed by atoms with van der Waals surface area (Å²) in [4.78, 5) is 27.5. The number of H-pyrrole nitrogens is 1. The molecule has 0 aliphatic heterocycles. The lowest BCUT2D eigenvalue weighted by atomic mass is 10.1. The van der Waals surface area contributed by atoms with Crippen molar-refractivity contribution in [2.45, 2.75) is 20.0 Å². The number of aromatic nitrogens is 4. The number of rotatable bonds is 8. The van der Waals surface area contributed by atoms with E-state index in [0.29, 0.717) is 58.0 Å². The Morgan fingerprint density at radius 3 is 2.17 bits per heavy atom. The second kappa shape index (κ2) is 11.3. The minimum Gasteiger partial charge on any atom is -0.465 e. The van der Waals surface area contributed by atoms with Crippen molar-refractivity contribution in [3.63, 3.8) is 0 Å². The summed E-state index contributed by atoms with van der Waals surface area (Å²) in [6.07, 6.45) is 3.30. The van der Waals surface area contributed by atoms with Crippen LogP contribution in [0.5, 0.6) is 0 Å². The average molecular weight is 560 g/mol. The van der Waals surface area contributed by atoms with Crippen molar-refractivity contribution in [2.24, 2.45) is 7.05 Å². The number of hydrogen-bond donors (Lipinski definition) is 1. The minimum absolute atomic E-state index is 0.304. The molecule has 0 amide bonds. The molecule has 0 radical (unpaired) electrons. The van der Waals surface area contributed by atoms with Gasteiger partial charge in [-0.15, -0.1) is 0 Å². The predicted octanol–water partition coefficient (Wildman–Crippen LogP) is 7.07. The summed E-state index contributed by atoms with van der Waals surface area (Å²) in [5.74, 6) is 0.422. The third-order valence-electron chi connectivity index (χ3n) is 7.52. The molecule has 3 aromatic carbocycles. The topological polar surface area (TPSA) is 76.0 Å². The molecular weight excluding hydrogens is 529 g/mol. The molecular formula is C34H30FN5O2. The van der Waals surface area contributed by atoms with E-state index in [9.17, 15) is 4.79 Å². The van der Waals surface area contributed by atoms with E-state index in [0.717, 1.165) is 16.8 Å². The summed E-state index contributed by atoms with van der Waals surface area (Å²) in [7, 11) is 3.24. The Morgan fingerprint density at radius 1 is 0.929 bits per heavy atom. The van der Waals surface area contributed by atoms with Crippen molar-refractivity contribution in [3.8, 4) is 22.6 Å². The standard InChI is InChI=1S/C34H30FN5O2/c1-22-18-36-32(39(22)2)25-14-15-26(29(35)16-25)30-17-27-28(34(41)42-3)19-37-33(31(27)38-30)40(20-23-10-6-4-7-11-23)21-24-12-8-5-9-13-24/h4-19,38H,20-21H2,1-3H3. The molecule has 0 atom stereocenters. The van der Waals surface area contributed by atoms with Crippen LogP contribution in [0.15, 0.2) is 97.3 Å². The number of ether oxygens (including phenoxy) is 1. The molecule has 0 saturated carbocycles. The molecule has 3 heterocycles. The number of aryl methyl sites for hydroxylation is 1. The first-order valence-corrected chi connectivity index (χ1v) is 13.6. The van der Waals surface area contributed by atoms with Gasteiger partial charge in [0, 0.05) is 60.4 Å². The molecule has 6 rings (SSSR count). The fourth-order valence-corrected chi connectivity index (χ4v) is 5.21. The smallest absolute Gasteiger partial charge is 0.340 e. The van der Waals surface area contributed by atoms with Gasteiger partial charge in [-0.2, -0.15) is 0 Å². The van der Waals surface area contributed by atoms with Gasteiger partial charge in [0.2, 0.25) is 0 Å². The maximum atomic E-state index is 15.7. The second-order valence-corrected chi connectivity index (χ2v) is 10.3. The Hall–Kier alpha value is -5.24. The minimum atomic E-state index is -0.511. The van der Waals surface area contributed by atoms with Gasteiger partial charge in [0.15, 0.2) is 5.82 Å². The van der Waals surface area contributed by atoms with Crippen LogP contribution in [0.2, 0.25) is 0 Å². The van der Waals surface area contributed by atoms with Gasteiger partial charge in [0.1, 0.15) is 11.6 Å². The fourth-order valence-electron chi connectivity index (χ4n) is 5.21. The molecule has 7 nitrogen and oxygen atoms in total. The number of nitrogens with zero attached hydrogens (tertiary/aromatic N) is 4. The molecule has 3 aromatic heterocycles. The summed E-state index contributed by atoms with van der Waals surface area (Å²) in [6.45, 7) is 3.11. The lowest BCUT2D eigenvalue weighted by molar-refractivity contribution is 0.0602. The maximum Gasteiger partial charge on any atom is 0.340 e. The highest BCUT2D eigenvalue weighted by molar-refractivity contribution is 6.07. The first-order chi connectivity index (χ1) is 20.4. The predicted molar refractivity (Wildman–Crippen MR) is 163 cm³/mol. The Kier molecular flexibility index (Phi) is 7.27. The highest BCUT2D eigenvalue weighted by Gasteiger charge is 2.22.